The van der Waals surface area contributed by atoms with E-state index in [4.69, 9.17) is 0 Å². The van der Waals surface area contributed by atoms with Crippen LogP contribution >= 0.6 is 0 Å². The molecule has 0 bridgehead atoms. The van der Waals surface area contributed by atoms with Gasteiger partial charge in [0.15, 0.2) is 0 Å². The molecule has 1 aromatic carbocycles. The number of aliphatic hydroxyl groups is 1. The van der Waals surface area contributed by atoms with Crippen LogP contribution in [0.25, 0.3) is 0 Å². The fourth-order valence-corrected chi connectivity index (χ4v) is 2.81. The van der Waals surface area contributed by atoms with Crippen LogP contribution in [0, 0.1) is 12.7 Å². The molecule has 1 aliphatic heterocycles. The van der Waals surface area contributed by atoms with Crippen LogP contribution in [0.3, 0.4) is 0 Å². The molecule has 0 spiro atoms. The molecule has 156 valence electrons. The fourth-order valence-electron chi connectivity index (χ4n) is 2.81. The molecule has 3 rings (SSSR count). The van der Waals surface area contributed by atoms with Crippen molar-refractivity contribution in [2.45, 2.75) is 32.4 Å². The van der Waals surface area contributed by atoms with Crippen LogP contribution in [0.15, 0.2) is 53.9 Å². The summed E-state index contributed by atoms with van der Waals surface area (Å²) in [5.74, 6) is -0.286. The number of benzene rings is 1. The van der Waals surface area contributed by atoms with Gasteiger partial charge in [-0.05, 0) is 44.5 Å². The second kappa shape index (κ2) is 11.2. The van der Waals surface area contributed by atoms with Gasteiger partial charge >= 0.3 is 51.4 Å². The number of carbonyl (C=O) groups excluding carboxylic acids is 1. The Kier molecular flexibility index (Phi) is 9.17. The molecule has 0 saturated heterocycles. The molecule has 1 amide bonds. The van der Waals surface area contributed by atoms with Gasteiger partial charge in [0.2, 0.25) is 0 Å². The SMILES string of the molecule is CC(N[C-]=CN=C1C=[N+](C)[CH-]1)c1cccc(NC(=O)c2cncc(C(C)(C)O)c2)c1.[K+]. The molecule has 0 aliphatic carbocycles. The van der Waals surface area contributed by atoms with Gasteiger partial charge in [0.05, 0.1) is 29.6 Å². The number of hydrogen-bond acceptors (Lipinski definition) is 5. The predicted octanol–water partition coefficient (Wildman–Crippen LogP) is -0.180. The first-order valence-corrected chi connectivity index (χ1v) is 9.64. The second-order valence-corrected chi connectivity index (χ2v) is 7.72. The summed E-state index contributed by atoms with van der Waals surface area (Å²) in [6.07, 6.45) is 9.51. The average molecular weight is 444 g/mol. The molecule has 3 N–H and O–H groups in total. The van der Waals surface area contributed by atoms with E-state index in [2.05, 4.69) is 26.8 Å². The Hall–Kier alpha value is -1.81. The van der Waals surface area contributed by atoms with E-state index in [1.54, 1.807) is 32.3 Å². The van der Waals surface area contributed by atoms with Crippen molar-refractivity contribution in [3.8, 4) is 0 Å². The van der Waals surface area contributed by atoms with Gasteiger partial charge in [-0.1, -0.05) is 12.1 Å². The quantitative estimate of drug-likeness (QED) is 0.240. The first-order chi connectivity index (χ1) is 14.2. The second-order valence-electron chi connectivity index (χ2n) is 7.72. The number of anilines is 1. The maximum Gasteiger partial charge on any atom is 1.00 e. The summed E-state index contributed by atoms with van der Waals surface area (Å²) in [4.78, 5) is 20.9. The fraction of sp³-hybridized carbons (Fsp3) is 0.261. The molecule has 2 heterocycles. The van der Waals surface area contributed by atoms with E-state index in [0.29, 0.717) is 16.8 Å². The van der Waals surface area contributed by atoms with Crippen molar-refractivity contribution < 1.29 is 65.9 Å². The molecular weight excluding hydrogens is 417 g/mol. The van der Waals surface area contributed by atoms with E-state index in [1.807, 2.05) is 55.6 Å². The Morgan fingerprint density at radius 1 is 1.35 bits per heavy atom. The smallest absolute Gasteiger partial charge is 0.560 e. The number of aromatic nitrogens is 1. The van der Waals surface area contributed by atoms with Gasteiger partial charge in [-0.25, -0.2) is 0 Å². The minimum atomic E-state index is -1.07. The Bertz CT molecular complexity index is 1020. The minimum Gasteiger partial charge on any atom is -0.560 e. The van der Waals surface area contributed by atoms with Crippen LogP contribution in [0.5, 0.6) is 0 Å². The summed E-state index contributed by atoms with van der Waals surface area (Å²) >= 11 is 0. The third-order valence-electron chi connectivity index (χ3n) is 4.60. The molecule has 2 aromatic rings. The third kappa shape index (κ3) is 7.38. The largest absolute Gasteiger partial charge is 1.00 e. The normalized spacial score (nSPS) is 15.4. The predicted molar refractivity (Wildman–Crippen MR) is 117 cm³/mol. The van der Waals surface area contributed by atoms with E-state index in [0.717, 1.165) is 11.3 Å². The Morgan fingerprint density at radius 3 is 2.77 bits per heavy atom. The van der Waals surface area contributed by atoms with Gasteiger partial charge in [0.1, 0.15) is 7.05 Å². The van der Waals surface area contributed by atoms with Gasteiger partial charge in [-0.3, -0.25) is 9.78 Å². The molecule has 0 fully saturated rings. The molecule has 0 radical (unpaired) electrons. The summed E-state index contributed by atoms with van der Waals surface area (Å²) in [7, 11) is 1.94. The number of pyridine rings is 1. The van der Waals surface area contributed by atoms with Crippen molar-refractivity contribution in [2.24, 2.45) is 4.99 Å². The standard InChI is InChI=1S/C23H26N5O2.K/c1-16(25-8-9-26-21-14-28(4)15-21)17-6-5-7-20(11-17)27-22(29)18-10-19(13-24-12-18)23(2,3)30;/h5-7,9-16,25,30H,1-4H3,(H,27,29);/q-1;+1. The number of nitrogens with zero attached hydrogens (tertiary/aromatic N) is 3. The minimum absolute atomic E-state index is 0. The Balaban J connectivity index is 0.00000341. The Labute approximate surface area is 225 Å². The van der Waals surface area contributed by atoms with Crippen LogP contribution in [-0.2, 0) is 5.60 Å². The first-order valence-electron chi connectivity index (χ1n) is 9.64. The van der Waals surface area contributed by atoms with Gasteiger partial charge in [-0.15, -0.1) is 6.20 Å². The van der Waals surface area contributed by atoms with Crippen molar-refractivity contribution in [2.75, 3.05) is 12.4 Å². The summed E-state index contributed by atoms with van der Waals surface area (Å²) in [6, 6.07) is 9.21. The summed E-state index contributed by atoms with van der Waals surface area (Å²) < 4.78 is 1.93. The molecule has 1 atom stereocenters. The van der Waals surface area contributed by atoms with Crippen molar-refractivity contribution in [3.63, 3.8) is 0 Å². The summed E-state index contributed by atoms with van der Waals surface area (Å²) in [6.45, 7) is 7.23. The van der Waals surface area contributed by atoms with Gasteiger partial charge < -0.3 is 31.5 Å². The number of amides is 1. The van der Waals surface area contributed by atoms with Crippen LogP contribution in [0.4, 0.5) is 5.69 Å². The number of hydrogen-bond donors (Lipinski definition) is 3. The maximum absolute atomic E-state index is 12.6. The van der Waals surface area contributed by atoms with Crippen molar-refractivity contribution in [1.82, 2.24) is 10.3 Å². The molecule has 1 aliphatic rings. The molecule has 0 saturated carbocycles. The Morgan fingerprint density at radius 2 is 2.10 bits per heavy atom. The van der Waals surface area contributed by atoms with Gasteiger partial charge in [0, 0.05) is 29.7 Å². The number of carbonyl (C=O) groups is 1. The monoisotopic (exact) mass is 443 g/mol. The molecule has 1 unspecified atom stereocenters. The van der Waals surface area contributed by atoms with Crippen molar-refractivity contribution in [1.29, 1.82) is 0 Å². The van der Waals surface area contributed by atoms with Crippen LogP contribution < -0.4 is 62.0 Å². The maximum atomic E-state index is 12.6. The third-order valence-corrected chi connectivity index (χ3v) is 4.60. The van der Waals surface area contributed by atoms with E-state index < -0.39 is 5.60 Å². The first kappa shape index (κ1) is 25.4. The van der Waals surface area contributed by atoms with Crippen LogP contribution in [0.2, 0.25) is 0 Å². The summed E-state index contributed by atoms with van der Waals surface area (Å²) in [5.41, 5.74) is 2.46. The molecule has 31 heavy (non-hydrogen) atoms. The van der Waals surface area contributed by atoms with E-state index >= 15 is 0 Å². The van der Waals surface area contributed by atoms with Gasteiger partial charge in [0.25, 0.3) is 5.91 Å². The molecule has 7 nitrogen and oxygen atoms in total. The van der Waals surface area contributed by atoms with Gasteiger partial charge in [-0.2, -0.15) is 0 Å². The topological polar surface area (TPSA) is 89.6 Å². The van der Waals surface area contributed by atoms with E-state index in [1.165, 1.54) is 6.20 Å². The molecular formula is C23H26KN5O2. The van der Waals surface area contributed by atoms with E-state index in [9.17, 15) is 9.90 Å². The van der Waals surface area contributed by atoms with Crippen LogP contribution in [-0.4, -0.2) is 39.5 Å². The van der Waals surface area contributed by atoms with E-state index in [-0.39, 0.29) is 63.3 Å². The number of nitrogens with one attached hydrogen (secondary N) is 2. The zero-order valence-electron chi connectivity index (χ0n) is 18.5. The molecule has 1 aromatic heterocycles. The molecule has 8 heteroatoms. The zero-order valence-corrected chi connectivity index (χ0v) is 21.7. The number of aliphatic imine (C=N–C) groups is 1. The van der Waals surface area contributed by atoms with Crippen molar-refractivity contribution in [3.05, 3.63) is 78.4 Å². The van der Waals surface area contributed by atoms with Crippen molar-refractivity contribution >= 4 is 23.5 Å². The average Bonchev–Trinajstić information content (AvgIpc) is 2.69. The number of rotatable bonds is 7. The summed E-state index contributed by atoms with van der Waals surface area (Å²) in [5, 5.41) is 16.2. The van der Waals surface area contributed by atoms with Crippen LogP contribution in [0.1, 0.15) is 48.3 Å². The zero-order chi connectivity index (χ0) is 21.7.